The standard InChI is InChI=1S/C16H11F6NO3/c1-26-11-2-3-13(12(7-11)14(24)25)23-10-5-8(15(17,18)19)4-9(6-10)16(20,21)22/h2-7,23H,1H3,(H,24,25). The van der Waals surface area contributed by atoms with Gasteiger partial charge in [0.2, 0.25) is 0 Å². The minimum absolute atomic E-state index is 0.0166. The van der Waals surface area contributed by atoms with Gasteiger partial charge in [-0.1, -0.05) is 0 Å². The Labute approximate surface area is 143 Å². The number of halogens is 6. The lowest BCUT2D eigenvalue weighted by Gasteiger charge is -2.16. The van der Waals surface area contributed by atoms with Crippen LogP contribution in [0.4, 0.5) is 37.7 Å². The highest BCUT2D eigenvalue weighted by Crippen LogP contribution is 2.38. The predicted molar refractivity (Wildman–Crippen MR) is 79.7 cm³/mol. The first-order valence-corrected chi connectivity index (χ1v) is 6.89. The first-order chi connectivity index (χ1) is 11.9. The normalized spacial score (nSPS) is 12.0. The molecule has 140 valence electrons. The van der Waals surface area contributed by atoms with Crippen LogP contribution in [0.5, 0.6) is 5.75 Å². The van der Waals surface area contributed by atoms with Crippen LogP contribution in [0.15, 0.2) is 36.4 Å². The molecule has 0 aromatic heterocycles. The summed E-state index contributed by atoms with van der Waals surface area (Å²) in [7, 11) is 1.27. The van der Waals surface area contributed by atoms with Gasteiger partial charge in [0.1, 0.15) is 5.75 Å². The Hall–Kier alpha value is -2.91. The van der Waals surface area contributed by atoms with Gasteiger partial charge >= 0.3 is 18.3 Å². The molecule has 0 unspecified atom stereocenters. The van der Waals surface area contributed by atoms with Gasteiger partial charge in [-0.25, -0.2) is 4.79 Å². The third-order valence-corrected chi connectivity index (χ3v) is 3.32. The van der Waals surface area contributed by atoms with Crippen molar-refractivity contribution in [2.24, 2.45) is 0 Å². The second-order valence-electron chi connectivity index (χ2n) is 5.14. The van der Waals surface area contributed by atoms with E-state index in [0.29, 0.717) is 12.1 Å². The number of anilines is 2. The number of hydrogen-bond acceptors (Lipinski definition) is 3. The maximum absolute atomic E-state index is 12.9. The van der Waals surface area contributed by atoms with Crippen molar-refractivity contribution in [1.29, 1.82) is 0 Å². The molecule has 2 rings (SSSR count). The van der Waals surface area contributed by atoms with Crippen molar-refractivity contribution in [1.82, 2.24) is 0 Å². The van der Waals surface area contributed by atoms with E-state index in [9.17, 15) is 36.2 Å². The van der Waals surface area contributed by atoms with E-state index in [4.69, 9.17) is 4.74 Å². The smallest absolute Gasteiger partial charge is 0.416 e. The van der Waals surface area contributed by atoms with Crippen LogP contribution in [-0.2, 0) is 12.4 Å². The van der Waals surface area contributed by atoms with Crippen molar-refractivity contribution in [3.05, 3.63) is 53.1 Å². The van der Waals surface area contributed by atoms with Gasteiger partial charge in [0.25, 0.3) is 0 Å². The Kier molecular flexibility index (Phi) is 5.06. The van der Waals surface area contributed by atoms with Gasteiger partial charge in [0.05, 0.1) is 29.5 Å². The second kappa shape index (κ2) is 6.77. The van der Waals surface area contributed by atoms with E-state index in [1.165, 1.54) is 19.2 Å². The lowest BCUT2D eigenvalue weighted by atomic mass is 10.1. The highest BCUT2D eigenvalue weighted by molar-refractivity contribution is 5.95. The summed E-state index contributed by atoms with van der Waals surface area (Å²) in [5.41, 5.74) is -4.15. The van der Waals surface area contributed by atoms with Crippen LogP contribution in [-0.4, -0.2) is 18.2 Å². The van der Waals surface area contributed by atoms with Crippen LogP contribution >= 0.6 is 0 Å². The van der Waals surface area contributed by atoms with Crippen molar-refractivity contribution >= 4 is 17.3 Å². The molecule has 0 aliphatic heterocycles. The summed E-state index contributed by atoms with van der Waals surface area (Å²) in [4.78, 5) is 11.3. The van der Waals surface area contributed by atoms with Crippen LogP contribution < -0.4 is 10.1 Å². The van der Waals surface area contributed by atoms with Crippen LogP contribution in [0, 0.1) is 0 Å². The van der Waals surface area contributed by atoms with E-state index in [0.717, 1.165) is 6.07 Å². The fourth-order valence-corrected chi connectivity index (χ4v) is 2.12. The topological polar surface area (TPSA) is 58.6 Å². The highest BCUT2D eigenvalue weighted by atomic mass is 19.4. The minimum Gasteiger partial charge on any atom is -0.497 e. The average Bonchev–Trinajstić information content (AvgIpc) is 2.53. The second-order valence-corrected chi connectivity index (χ2v) is 5.14. The zero-order valence-electron chi connectivity index (χ0n) is 13.0. The van der Waals surface area contributed by atoms with Gasteiger partial charge in [-0.3, -0.25) is 0 Å². The summed E-state index contributed by atoms with van der Waals surface area (Å²) in [5.74, 6) is -1.28. The van der Waals surface area contributed by atoms with Crippen LogP contribution in [0.2, 0.25) is 0 Å². The van der Waals surface area contributed by atoms with Gasteiger partial charge in [0, 0.05) is 5.69 Å². The molecule has 0 aliphatic carbocycles. The molecule has 0 heterocycles. The minimum atomic E-state index is -5.01. The Morgan fingerprint density at radius 3 is 1.92 bits per heavy atom. The molecule has 26 heavy (non-hydrogen) atoms. The molecule has 0 spiro atoms. The summed E-state index contributed by atoms with van der Waals surface area (Å²) < 4.78 is 82.1. The van der Waals surface area contributed by atoms with E-state index in [2.05, 4.69) is 5.32 Å². The molecule has 2 aromatic carbocycles. The largest absolute Gasteiger partial charge is 0.497 e. The number of rotatable bonds is 4. The van der Waals surface area contributed by atoms with Gasteiger partial charge in [-0.15, -0.1) is 0 Å². The molecular formula is C16H11F6NO3. The van der Waals surface area contributed by atoms with E-state index in [-0.39, 0.29) is 23.1 Å². The molecule has 0 saturated carbocycles. The Morgan fingerprint density at radius 2 is 1.50 bits per heavy atom. The van der Waals surface area contributed by atoms with Crippen LogP contribution in [0.25, 0.3) is 0 Å². The quantitative estimate of drug-likeness (QED) is 0.720. The molecule has 2 aromatic rings. The van der Waals surface area contributed by atoms with E-state index < -0.39 is 35.1 Å². The van der Waals surface area contributed by atoms with Crippen molar-refractivity contribution in [2.75, 3.05) is 12.4 Å². The third kappa shape index (κ3) is 4.38. The number of carboxylic acid groups (broad SMARTS) is 1. The number of hydrogen-bond donors (Lipinski definition) is 2. The average molecular weight is 379 g/mol. The molecule has 0 aliphatic rings. The lowest BCUT2D eigenvalue weighted by molar-refractivity contribution is -0.143. The molecule has 0 atom stereocenters. The molecule has 2 N–H and O–H groups in total. The molecule has 10 heteroatoms. The van der Waals surface area contributed by atoms with Crippen molar-refractivity contribution in [3.63, 3.8) is 0 Å². The highest BCUT2D eigenvalue weighted by Gasteiger charge is 2.37. The fourth-order valence-electron chi connectivity index (χ4n) is 2.12. The number of nitrogens with one attached hydrogen (secondary N) is 1. The monoisotopic (exact) mass is 379 g/mol. The van der Waals surface area contributed by atoms with E-state index >= 15 is 0 Å². The fraction of sp³-hybridized carbons (Fsp3) is 0.188. The SMILES string of the molecule is COc1ccc(Nc2cc(C(F)(F)F)cc(C(F)(F)F)c2)c(C(=O)O)c1. The number of carboxylic acids is 1. The molecule has 0 amide bonds. The number of carbonyl (C=O) groups is 1. The predicted octanol–water partition coefficient (Wildman–Crippen LogP) is 5.17. The maximum atomic E-state index is 12.9. The summed E-state index contributed by atoms with van der Waals surface area (Å²) in [6, 6.07) is 4.49. The van der Waals surface area contributed by atoms with Crippen LogP contribution in [0.3, 0.4) is 0 Å². The Balaban J connectivity index is 2.54. The number of aromatic carboxylic acids is 1. The summed E-state index contributed by atoms with van der Waals surface area (Å²) in [5, 5.41) is 11.5. The zero-order valence-corrected chi connectivity index (χ0v) is 13.0. The van der Waals surface area contributed by atoms with Gasteiger partial charge in [-0.05, 0) is 36.4 Å². The first kappa shape index (κ1) is 19.4. The number of ether oxygens (including phenoxy) is 1. The lowest BCUT2D eigenvalue weighted by Crippen LogP contribution is -2.12. The van der Waals surface area contributed by atoms with Crippen molar-refractivity contribution < 1.29 is 41.0 Å². The molecule has 4 nitrogen and oxygen atoms in total. The number of alkyl halides is 6. The van der Waals surface area contributed by atoms with E-state index in [1.54, 1.807) is 0 Å². The summed E-state index contributed by atoms with van der Waals surface area (Å²) in [6.07, 6.45) is -10.0. The van der Waals surface area contributed by atoms with Crippen molar-refractivity contribution in [3.8, 4) is 5.75 Å². The third-order valence-electron chi connectivity index (χ3n) is 3.32. The first-order valence-electron chi connectivity index (χ1n) is 6.89. The molecule has 0 bridgehead atoms. The van der Waals surface area contributed by atoms with Gasteiger partial charge in [0.15, 0.2) is 0 Å². The molecule has 0 radical (unpaired) electrons. The number of benzene rings is 2. The van der Waals surface area contributed by atoms with Gasteiger partial charge < -0.3 is 15.2 Å². The van der Waals surface area contributed by atoms with Crippen LogP contribution in [0.1, 0.15) is 21.5 Å². The maximum Gasteiger partial charge on any atom is 0.416 e. The summed E-state index contributed by atoms with van der Waals surface area (Å²) in [6.45, 7) is 0. The Bertz CT molecular complexity index is 797. The van der Waals surface area contributed by atoms with Gasteiger partial charge in [-0.2, -0.15) is 26.3 Å². The summed E-state index contributed by atoms with van der Waals surface area (Å²) >= 11 is 0. The molecular weight excluding hydrogens is 368 g/mol. The number of methoxy groups -OCH3 is 1. The van der Waals surface area contributed by atoms with Crippen molar-refractivity contribution in [2.45, 2.75) is 12.4 Å². The zero-order chi connectivity index (χ0) is 19.7. The van der Waals surface area contributed by atoms with E-state index in [1.807, 2.05) is 0 Å². The molecule has 0 saturated heterocycles. The Morgan fingerprint density at radius 1 is 0.962 bits per heavy atom. The molecule has 0 fully saturated rings.